The third-order valence-corrected chi connectivity index (χ3v) is 4.07. The molecule has 0 spiro atoms. The second-order valence-electron chi connectivity index (χ2n) is 3.89. The zero-order chi connectivity index (χ0) is 13.9. The third kappa shape index (κ3) is 2.92. The molecule has 0 aliphatic rings. The quantitative estimate of drug-likeness (QED) is 0.711. The molecule has 0 fully saturated rings. The number of carbonyl (C=O) groups is 1. The molecule has 100 valence electrons. The zero-order valence-electron chi connectivity index (χ0n) is 10.6. The van der Waals surface area contributed by atoms with Crippen molar-refractivity contribution in [3.8, 4) is 0 Å². The molecule has 1 aromatic rings. The van der Waals surface area contributed by atoms with Crippen LogP contribution >= 0.6 is 0 Å². The summed E-state index contributed by atoms with van der Waals surface area (Å²) in [5.74, 6) is 0. The fourth-order valence-corrected chi connectivity index (χ4v) is 2.90. The van der Waals surface area contributed by atoms with Crippen LogP contribution in [-0.2, 0) is 10.0 Å². The normalized spacial score (nSPS) is 11.1. The third-order valence-electron chi connectivity index (χ3n) is 2.54. The maximum atomic E-state index is 12.1. The van der Waals surface area contributed by atoms with Crippen LogP contribution < -0.4 is 15.8 Å². The molecule has 0 heterocycles. The molecule has 0 aliphatic heterocycles. The van der Waals surface area contributed by atoms with Gasteiger partial charge < -0.3 is 11.1 Å². The van der Waals surface area contributed by atoms with Crippen molar-refractivity contribution in [1.29, 1.82) is 0 Å². The van der Waals surface area contributed by atoms with Crippen LogP contribution in [0.3, 0.4) is 0 Å². The summed E-state index contributed by atoms with van der Waals surface area (Å²) in [7, 11) is -3.95. The number of carbonyl (C=O) groups excluding carboxylic acids is 1. The number of nitrogens with two attached hydrogens (primary N) is 1. The van der Waals surface area contributed by atoms with Gasteiger partial charge in [0, 0.05) is 6.54 Å². The van der Waals surface area contributed by atoms with Gasteiger partial charge in [0.2, 0.25) is 0 Å². The average Bonchev–Trinajstić information content (AvgIpc) is 2.23. The van der Waals surface area contributed by atoms with Crippen molar-refractivity contribution in [2.24, 2.45) is 0 Å². The number of rotatable bonds is 3. The summed E-state index contributed by atoms with van der Waals surface area (Å²) in [5, 5.41) is 2.35. The number of aryl methyl sites for hydroxylation is 1. The Morgan fingerprint density at radius 3 is 2.50 bits per heavy atom. The average molecular weight is 271 g/mol. The van der Waals surface area contributed by atoms with E-state index < -0.39 is 16.1 Å². The lowest BCUT2D eigenvalue weighted by atomic mass is 10.1. The Morgan fingerprint density at radius 1 is 1.33 bits per heavy atom. The Balaban J connectivity index is 3.21. The fourth-order valence-electron chi connectivity index (χ4n) is 1.54. The Kier molecular flexibility index (Phi) is 4.18. The molecule has 0 saturated carbocycles. The number of urea groups is 1. The molecule has 0 bridgehead atoms. The summed E-state index contributed by atoms with van der Waals surface area (Å²) in [4.78, 5) is 11.2. The number of amides is 2. The monoisotopic (exact) mass is 271 g/mol. The van der Waals surface area contributed by atoms with E-state index in [0.717, 1.165) is 5.56 Å². The molecule has 0 aromatic heterocycles. The molecule has 0 aliphatic carbocycles. The number of anilines is 1. The van der Waals surface area contributed by atoms with Crippen LogP contribution in [0.15, 0.2) is 17.0 Å². The van der Waals surface area contributed by atoms with E-state index in [1.807, 2.05) is 4.72 Å². The van der Waals surface area contributed by atoms with Crippen LogP contribution in [0.5, 0.6) is 0 Å². The first kappa shape index (κ1) is 14.3. The van der Waals surface area contributed by atoms with Gasteiger partial charge in [0.25, 0.3) is 10.0 Å². The number of hydrogen-bond acceptors (Lipinski definition) is 4. The van der Waals surface area contributed by atoms with Gasteiger partial charge in [0.05, 0.1) is 5.69 Å². The molecule has 1 rings (SSSR count). The first-order valence-electron chi connectivity index (χ1n) is 5.46. The van der Waals surface area contributed by atoms with Crippen LogP contribution in [0, 0.1) is 13.8 Å². The van der Waals surface area contributed by atoms with Gasteiger partial charge in [0.15, 0.2) is 0 Å². The van der Waals surface area contributed by atoms with Crippen LogP contribution in [0.2, 0.25) is 0 Å². The SMILES string of the molecule is CCNC(=O)NS(=O)(=O)c1c(N)ccc(C)c1C. The van der Waals surface area contributed by atoms with Gasteiger partial charge in [-0.25, -0.2) is 17.9 Å². The summed E-state index contributed by atoms with van der Waals surface area (Å²) in [6.45, 7) is 5.46. The molecule has 4 N–H and O–H groups in total. The highest BCUT2D eigenvalue weighted by molar-refractivity contribution is 7.90. The van der Waals surface area contributed by atoms with Crippen molar-refractivity contribution in [3.63, 3.8) is 0 Å². The Hall–Kier alpha value is -1.76. The fraction of sp³-hybridized carbons (Fsp3) is 0.364. The van der Waals surface area contributed by atoms with E-state index >= 15 is 0 Å². The predicted molar refractivity (Wildman–Crippen MR) is 69.7 cm³/mol. The van der Waals surface area contributed by atoms with Gasteiger partial charge in [-0.15, -0.1) is 0 Å². The molecule has 0 saturated heterocycles. The van der Waals surface area contributed by atoms with E-state index in [1.54, 1.807) is 26.8 Å². The van der Waals surface area contributed by atoms with Gasteiger partial charge in [-0.3, -0.25) is 0 Å². The summed E-state index contributed by atoms with van der Waals surface area (Å²) in [6.07, 6.45) is 0. The molecule has 6 nitrogen and oxygen atoms in total. The van der Waals surface area contributed by atoms with Gasteiger partial charge in [-0.2, -0.15) is 0 Å². The van der Waals surface area contributed by atoms with Crippen LogP contribution in [0.1, 0.15) is 18.1 Å². The summed E-state index contributed by atoms with van der Waals surface area (Å²) in [5.41, 5.74) is 7.12. The van der Waals surface area contributed by atoms with Gasteiger partial charge >= 0.3 is 6.03 Å². The molecule has 18 heavy (non-hydrogen) atoms. The highest BCUT2D eigenvalue weighted by Crippen LogP contribution is 2.24. The van der Waals surface area contributed by atoms with Crippen molar-refractivity contribution in [1.82, 2.24) is 10.0 Å². The first-order chi connectivity index (χ1) is 8.29. The Labute approximate surface area is 107 Å². The van der Waals surface area contributed by atoms with Crippen LogP contribution in [0.4, 0.5) is 10.5 Å². The molecular weight excluding hydrogens is 254 g/mol. The molecular formula is C11H17N3O3S. The van der Waals surface area contributed by atoms with Crippen molar-refractivity contribution < 1.29 is 13.2 Å². The number of hydrogen-bond donors (Lipinski definition) is 3. The Bertz CT molecular complexity index is 567. The zero-order valence-corrected chi connectivity index (χ0v) is 11.4. The minimum Gasteiger partial charge on any atom is -0.398 e. The van der Waals surface area contributed by atoms with Crippen molar-refractivity contribution in [2.75, 3.05) is 12.3 Å². The van der Waals surface area contributed by atoms with E-state index in [1.165, 1.54) is 6.07 Å². The summed E-state index contributed by atoms with van der Waals surface area (Å²) >= 11 is 0. The number of sulfonamides is 1. The molecule has 2 amide bonds. The molecule has 0 atom stereocenters. The molecule has 7 heteroatoms. The second-order valence-corrected chi connectivity index (χ2v) is 5.51. The van der Waals surface area contributed by atoms with Crippen LogP contribution in [-0.4, -0.2) is 21.0 Å². The largest absolute Gasteiger partial charge is 0.398 e. The number of nitrogens with one attached hydrogen (secondary N) is 2. The molecule has 0 unspecified atom stereocenters. The first-order valence-corrected chi connectivity index (χ1v) is 6.94. The summed E-state index contributed by atoms with van der Waals surface area (Å²) < 4.78 is 26.0. The minimum atomic E-state index is -3.95. The van der Waals surface area contributed by atoms with Gasteiger partial charge in [-0.05, 0) is 38.0 Å². The lowest BCUT2D eigenvalue weighted by Crippen LogP contribution is -2.39. The highest BCUT2D eigenvalue weighted by atomic mass is 32.2. The molecule has 0 radical (unpaired) electrons. The van der Waals surface area contributed by atoms with Gasteiger partial charge in [-0.1, -0.05) is 6.07 Å². The van der Waals surface area contributed by atoms with E-state index in [2.05, 4.69) is 5.32 Å². The van der Waals surface area contributed by atoms with Crippen molar-refractivity contribution in [3.05, 3.63) is 23.3 Å². The topological polar surface area (TPSA) is 101 Å². The van der Waals surface area contributed by atoms with E-state index in [-0.39, 0.29) is 10.6 Å². The maximum Gasteiger partial charge on any atom is 0.328 e. The maximum absolute atomic E-state index is 12.1. The van der Waals surface area contributed by atoms with Crippen molar-refractivity contribution in [2.45, 2.75) is 25.7 Å². The smallest absolute Gasteiger partial charge is 0.328 e. The number of benzene rings is 1. The minimum absolute atomic E-state index is 0.0475. The molecule has 1 aromatic carbocycles. The van der Waals surface area contributed by atoms with E-state index in [9.17, 15) is 13.2 Å². The number of nitrogen functional groups attached to an aromatic ring is 1. The summed E-state index contributed by atoms with van der Waals surface area (Å²) in [6, 6.07) is 2.47. The lowest BCUT2D eigenvalue weighted by molar-refractivity contribution is 0.246. The predicted octanol–water partition coefficient (Wildman–Crippen LogP) is 0.893. The van der Waals surface area contributed by atoms with Crippen LogP contribution in [0.25, 0.3) is 0 Å². The van der Waals surface area contributed by atoms with Gasteiger partial charge in [0.1, 0.15) is 4.90 Å². The highest BCUT2D eigenvalue weighted by Gasteiger charge is 2.23. The second kappa shape index (κ2) is 5.26. The Morgan fingerprint density at radius 2 is 1.94 bits per heavy atom. The van der Waals surface area contributed by atoms with Crippen molar-refractivity contribution >= 4 is 21.7 Å². The van der Waals surface area contributed by atoms with E-state index in [0.29, 0.717) is 12.1 Å². The van der Waals surface area contributed by atoms with E-state index in [4.69, 9.17) is 5.73 Å². The standard InChI is InChI=1S/C11H17N3O3S/c1-4-13-11(15)14-18(16,17)10-8(3)7(2)5-6-9(10)12/h5-6H,4,12H2,1-3H3,(H2,13,14,15). The lowest BCUT2D eigenvalue weighted by Gasteiger charge is -2.13.